The lowest BCUT2D eigenvalue weighted by Crippen LogP contribution is -1.72. The van der Waals surface area contributed by atoms with E-state index in [1.165, 1.54) is 4.90 Å². The van der Waals surface area contributed by atoms with Crippen molar-refractivity contribution in [3.8, 4) is 0 Å². The van der Waals surface area contributed by atoms with E-state index in [0.29, 0.717) is 0 Å². The third-order valence-electron chi connectivity index (χ3n) is 0.893. The molecule has 2 heteroatoms. The number of thioether (sulfide) groups is 1. The molecule has 0 unspecified atom stereocenters. The fourth-order valence-corrected chi connectivity index (χ4v) is 1.15. The number of hydrogen-bond acceptors (Lipinski definition) is 2. The fraction of sp³-hybridized carbons (Fsp3) is 0.286. The first-order chi connectivity index (χ1) is 4.43. The maximum atomic E-state index is 3.86. The van der Waals surface area contributed by atoms with Gasteiger partial charge in [0.1, 0.15) is 0 Å². The third kappa shape index (κ3) is 2.06. The van der Waals surface area contributed by atoms with Crippen molar-refractivity contribution in [2.45, 2.75) is 11.8 Å². The van der Waals surface area contributed by atoms with E-state index in [1.54, 1.807) is 24.2 Å². The van der Waals surface area contributed by atoms with Crippen molar-refractivity contribution in [3.05, 3.63) is 24.5 Å². The highest BCUT2D eigenvalue weighted by atomic mass is 32.2. The summed E-state index contributed by atoms with van der Waals surface area (Å²) < 4.78 is 0. The van der Waals surface area contributed by atoms with Crippen LogP contribution in [0.1, 0.15) is 6.92 Å². The van der Waals surface area contributed by atoms with Gasteiger partial charge in [0.05, 0.1) is 0 Å². The van der Waals surface area contributed by atoms with Crippen LogP contribution in [0.25, 0.3) is 0 Å². The Morgan fingerprint density at radius 3 is 3.22 bits per heavy atom. The topological polar surface area (TPSA) is 12.9 Å². The minimum Gasteiger partial charge on any atom is -0.264 e. The van der Waals surface area contributed by atoms with Crippen LogP contribution in [-0.2, 0) is 0 Å². The Morgan fingerprint density at radius 1 is 1.78 bits per heavy atom. The molecular weight excluding hydrogens is 130 g/mol. The Morgan fingerprint density at radius 2 is 2.67 bits per heavy atom. The molecule has 9 heavy (non-hydrogen) atoms. The van der Waals surface area contributed by atoms with Crippen LogP contribution in [0.4, 0.5) is 0 Å². The molecule has 1 aromatic rings. The molecule has 0 spiro atoms. The largest absolute Gasteiger partial charge is 0.264 e. The van der Waals surface area contributed by atoms with Gasteiger partial charge in [-0.2, -0.15) is 0 Å². The van der Waals surface area contributed by atoms with Crippen LogP contribution in [0.15, 0.2) is 23.4 Å². The zero-order chi connectivity index (χ0) is 6.53. The normalized spacial score (nSPS) is 9.44. The van der Waals surface area contributed by atoms with E-state index in [1.807, 2.05) is 6.07 Å². The Balaban J connectivity index is 2.61. The van der Waals surface area contributed by atoms with Crippen LogP contribution in [0.2, 0.25) is 0 Å². The molecule has 1 rings (SSSR count). The first-order valence-corrected chi connectivity index (χ1v) is 3.86. The molecule has 0 N–H and O–H groups in total. The van der Waals surface area contributed by atoms with Gasteiger partial charge in [-0.3, -0.25) is 4.98 Å². The van der Waals surface area contributed by atoms with Gasteiger partial charge in [-0.25, -0.2) is 0 Å². The second kappa shape index (κ2) is 3.51. The number of hydrogen-bond donors (Lipinski definition) is 0. The summed E-state index contributed by atoms with van der Waals surface area (Å²) in [5, 5.41) is 0. The predicted molar refractivity (Wildman–Crippen MR) is 39.5 cm³/mol. The Hall–Kier alpha value is -0.500. The van der Waals surface area contributed by atoms with Crippen LogP contribution < -0.4 is 0 Å². The number of aromatic nitrogens is 1. The first kappa shape index (κ1) is 6.62. The van der Waals surface area contributed by atoms with Crippen LogP contribution in [0, 0.1) is 6.07 Å². The van der Waals surface area contributed by atoms with Gasteiger partial charge in [0.15, 0.2) is 0 Å². The van der Waals surface area contributed by atoms with Gasteiger partial charge >= 0.3 is 0 Å². The standard InChI is InChI=1S/C7H8NS/c1-2-9-7-3-5-8-6-4-7/h3,5-6H,2H2,1H3. The monoisotopic (exact) mass is 138 g/mol. The summed E-state index contributed by atoms with van der Waals surface area (Å²) in [6, 6.07) is 4.99. The first-order valence-electron chi connectivity index (χ1n) is 2.88. The highest BCUT2D eigenvalue weighted by Crippen LogP contribution is 2.13. The molecule has 0 amide bonds. The molecule has 0 atom stereocenters. The van der Waals surface area contributed by atoms with Gasteiger partial charge in [-0.05, 0) is 11.8 Å². The van der Waals surface area contributed by atoms with E-state index in [2.05, 4.69) is 18.0 Å². The summed E-state index contributed by atoms with van der Waals surface area (Å²) in [6.07, 6.45) is 3.48. The summed E-state index contributed by atoms with van der Waals surface area (Å²) in [7, 11) is 0. The third-order valence-corrected chi connectivity index (χ3v) is 1.75. The van der Waals surface area contributed by atoms with Crippen molar-refractivity contribution in [1.82, 2.24) is 4.98 Å². The molecule has 1 radical (unpaired) electrons. The smallest absolute Gasteiger partial charge is 0.0358 e. The summed E-state index contributed by atoms with van der Waals surface area (Å²) in [5.74, 6) is 1.10. The van der Waals surface area contributed by atoms with E-state index in [4.69, 9.17) is 0 Å². The molecule has 0 fully saturated rings. The molecule has 1 nitrogen and oxygen atoms in total. The second-order valence-corrected chi connectivity index (χ2v) is 2.84. The second-order valence-electron chi connectivity index (χ2n) is 1.54. The average molecular weight is 138 g/mol. The van der Waals surface area contributed by atoms with Crippen LogP contribution in [0.3, 0.4) is 0 Å². The van der Waals surface area contributed by atoms with E-state index in [0.717, 1.165) is 5.75 Å². The molecule has 0 saturated heterocycles. The lowest BCUT2D eigenvalue weighted by molar-refractivity contribution is 1.25. The Kier molecular flexibility index (Phi) is 2.58. The number of pyridine rings is 1. The van der Waals surface area contributed by atoms with E-state index >= 15 is 0 Å². The van der Waals surface area contributed by atoms with Crippen molar-refractivity contribution in [1.29, 1.82) is 0 Å². The van der Waals surface area contributed by atoms with Gasteiger partial charge in [0, 0.05) is 23.4 Å². The predicted octanol–water partition coefficient (Wildman–Crippen LogP) is 1.99. The highest BCUT2D eigenvalue weighted by molar-refractivity contribution is 7.99. The van der Waals surface area contributed by atoms with E-state index < -0.39 is 0 Å². The van der Waals surface area contributed by atoms with E-state index in [-0.39, 0.29) is 0 Å². The SMILES string of the molecule is CCSc1[c]cncc1. The minimum atomic E-state index is 1.10. The zero-order valence-electron chi connectivity index (χ0n) is 5.29. The molecule has 0 aromatic carbocycles. The summed E-state index contributed by atoms with van der Waals surface area (Å²) >= 11 is 1.78. The molecular formula is C7H8NS. The molecule has 0 bridgehead atoms. The lowest BCUT2D eigenvalue weighted by atomic mass is 10.5. The summed E-state index contributed by atoms with van der Waals surface area (Å²) in [4.78, 5) is 5.03. The van der Waals surface area contributed by atoms with Crippen molar-refractivity contribution in [2.75, 3.05) is 5.75 Å². The van der Waals surface area contributed by atoms with Crippen LogP contribution >= 0.6 is 11.8 Å². The minimum absolute atomic E-state index is 1.10. The van der Waals surface area contributed by atoms with Crippen molar-refractivity contribution >= 4 is 11.8 Å². The molecule has 0 aliphatic heterocycles. The van der Waals surface area contributed by atoms with Gasteiger partial charge in [0.2, 0.25) is 0 Å². The molecule has 1 aromatic heterocycles. The fourth-order valence-electron chi connectivity index (χ4n) is 0.548. The average Bonchev–Trinajstić information content (AvgIpc) is 1.91. The molecule has 0 saturated carbocycles. The lowest BCUT2D eigenvalue weighted by Gasteiger charge is -1.92. The maximum Gasteiger partial charge on any atom is 0.0358 e. The van der Waals surface area contributed by atoms with Crippen LogP contribution in [-0.4, -0.2) is 10.7 Å². The Bertz CT molecular complexity index is 162. The summed E-state index contributed by atoms with van der Waals surface area (Å²) in [5.41, 5.74) is 0. The van der Waals surface area contributed by atoms with E-state index in [9.17, 15) is 0 Å². The molecule has 0 aliphatic rings. The molecule has 0 aliphatic carbocycles. The Labute approximate surface area is 59.5 Å². The van der Waals surface area contributed by atoms with Crippen molar-refractivity contribution in [3.63, 3.8) is 0 Å². The van der Waals surface area contributed by atoms with Crippen molar-refractivity contribution < 1.29 is 0 Å². The van der Waals surface area contributed by atoms with Gasteiger partial charge in [0.25, 0.3) is 0 Å². The van der Waals surface area contributed by atoms with Crippen LogP contribution in [0.5, 0.6) is 0 Å². The zero-order valence-corrected chi connectivity index (χ0v) is 6.11. The number of nitrogens with zero attached hydrogens (tertiary/aromatic N) is 1. The van der Waals surface area contributed by atoms with Gasteiger partial charge in [-0.1, -0.05) is 6.92 Å². The number of rotatable bonds is 2. The maximum absolute atomic E-state index is 3.86. The van der Waals surface area contributed by atoms with Crippen molar-refractivity contribution in [2.24, 2.45) is 0 Å². The van der Waals surface area contributed by atoms with Gasteiger partial charge < -0.3 is 0 Å². The van der Waals surface area contributed by atoms with Gasteiger partial charge in [-0.15, -0.1) is 11.8 Å². The highest BCUT2D eigenvalue weighted by Gasteiger charge is 1.86. The molecule has 47 valence electrons. The summed E-state index contributed by atoms with van der Waals surface area (Å²) in [6.45, 7) is 2.12. The quantitative estimate of drug-likeness (QED) is 0.580. The molecule has 1 heterocycles.